The first-order valence-electron chi connectivity index (χ1n) is 8.20. The minimum atomic E-state index is 0.951. The molecule has 0 aliphatic heterocycles. The van der Waals surface area contributed by atoms with Crippen molar-refractivity contribution in [3.8, 4) is 0 Å². The van der Waals surface area contributed by atoms with Crippen LogP contribution in [0, 0.1) is 6.92 Å². The molecular formula is C18H24N4. The topological polar surface area (TPSA) is 33.4 Å². The predicted molar refractivity (Wildman–Crippen MR) is 92.8 cm³/mol. The van der Waals surface area contributed by atoms with Crippen LogP contribution in [0.1, 0.15) is 38.3 Å². The number of hydrogen-bond acceptors (Lipinski definition) is 3. The predicted octanol–water partition coefficient (Wildman–Crippen LogP) is 3.99. The lowest BCUT2D eigenvalue weighted by atomic mass is 10.0. The number of benzene rings is 1. The zero-order valence-electron chi connectivity index (χ0n) is 13.9. The Morgan fingerprint density at radius 2 is 2.00 bits per heavy atom. The summed E-state index contributed by atoms with van der Waals surface area (Å²) < 4.78 is 2.13. The van der Waals surface area contributed by atoms with Crippen LogP contribution in [0.2, 0.25) is 0 Å². The number of rotatable bonds is 5. The summed E-state index contributed by atoms with van der Waals surface area (Å²) in [5.41, 5.74) is 4.67. The third-order valence-electron chi connectivity index (χ3n) is 4.18. The molecule has 0 aliphatic rings. The molecule has 3 rings (SSSR count). The molecule has 1 aromatic carbocycles. The lowest BCUT2D eigenvalue weighted by molar-refractivity contribution is 0.757. The fourth-order valence-electron chi connectivity index (χ4n) is 3.14. The van der Waals surface area contributed by atoms with E-state index in [1.165, 1.54) is 11.1 Å². The summed E-state index contributed by atoms with van der Waals surface area (Å²) in [5, 5.41) is 1.15. The number of aromatic nitrogens is 3. The molecule has 2 aromatic heterocycles. The monoisotopic (exact) mass is 296 g/mol. The van der Waals surface area contributed by atoms with Crippen LogP contribution in [-0.2, 0) is 6.42 Å². The number of imidazole rings is 1. The van der Waals surface area contributed by atoms with Crippen LogP contribution < -0.4 is 4.90 Å². The number of hydrogen-bond donors (Lipinski definition) is 0. The van der Waals surface area contributed by atoms with Gasteiger partial charge in [0.1, 0.15) is 5.65 Å². The van der Waals surface area contributed by atoms with E-state index in [2.05, 4.69) is 54.1 Å². The first kappa shape index (κ1) is 14.8. The molecule has 22 heavy (non-hydrogen) atoms. The second-order valence-corrected chi connectivity index (χ2v) is 5.79. The molecule has 3 aromatic rings. The molecule has 0 N–H and O–H groups in total. The molecule has 0 spiro atoms. The molecule has 116 valence electrons. The summed E-state index contributed by atoms with van der Waals surface area (Å²) in [6, 6.07) is 4.44. The summed E-state index contributed by atoms with van der Waals surface area (Å²) in [6.07, 6.45) is 5.98. The van der Waals surface area contributed by atoms with Gasteiger partial charge in [0.05, 0.1) is 5.52 Å². The number of nitrogens with zero attached hydrogens (tertiary/aromatic N) is 4. The minimum absolute atomic E-state index is 0.951. The number of aryl methyl sites for hydroxylation is 2. The molecular weight excluding hydrogens is 272 g/mol. The third kappa shape index (κ3) is 2.32. The SMILES string of the molecule is CCCN(CC)c1nc2c(CC)cc(C)cc2c2nccn12. The summed E-state index contributed by atoms with van der Waals surface area (Å²) >= 11 is 0. The van der Waals surface area contributed by atoms with Gasteiger partial charge in [0.2, 0.25) is 5.95 Å². The maximum Gasteiger partial charge on any atom is 0.211 e. The molecule has 0 saturated carbocycles. The van der Waals surface area contributed by atoms with E-state index in [1.807, 2.05) is 12.4 Å². The Bertz CT molecular complexity index is 804. The van der Waals surface area contributed by atoms with Crippen LogP contribution >= 0.6 is 0 Å². The van der Waals surface area contributed by atoms with Gasteiger partial charge in [0.25, 0.3) is 0 Å². The Hall–Kier alpha value is -2.10. The van der Waals surface area contributed by atoms with Gasteiger partial charge < -0.3 is 4.90 Å². The fourth-order valence-corrected chi connectivity index (χ4v) is 3.14. The van der Waals surface area contributed by atoms with Crippen molar-refractivity contribution in [1.82, 2.24) is 14.4 Å². The molecule has 0 aliphatic carbocycles. The fraction of sp³-hybridized carbons (Fsp3) is 0.444. The van der Waals surface area contributed by atoms with Crippen LogP contribution in [0.25, 0.3) is 16.6 Å². The highest BCUT2D eigenvalue weighted by Gasteiger charge is 2.15. The molecule has 0 amide bonds. The van der Waals surface area contributed by atoms with Crippen molar-refractivity contribution >= 4 is 22.5 Å². The Balaban J connectivity index is 2.36. The highest BCUT2D eigenvalue weighted by molar-refractivity contribution is 5.95. The lowest BCUT2D eigenvalue weighted by Gasteiger charge is -2.23. The zero-order chi connectivity index (χ0) is 15.7. The number of anilines is 1. The Morgan fingerprint density at radius 1 is 1.18 bits per heavy atom. The van der Waals surface area contributed by atoms with Crippen LogP contribution in [-0.4, -0.2) is 27.5 Å². The first-order valence-corrected chi connectivity index (χ1v) is 8.20. The van der Waals surface area contributed by atoms with Gasteiger partial charge in [-0.15, -0.1) is 0 Å². The van der Waals surface area contributed by atoms with Gasteiger partial charge in [-0.25, -0.2) is 9.97 Å². The zero-order valence-corrected chi connectivity index (χ0v) is 13.9. The van der Waals surface area contributed by atoms with Crippen LogP contribution in [0.3, 0.4) is 0 Å². The second-order valence-electron chi connectivity index (χ2n) is 5.79. The van der Waals surface area contributed by atoms with Gasteiger partial charge >= 0.3 is 0 Å². The molecule has 4 nitrogen and oxygen atoms in total. The second kappa shape index (κ2) is 5.95. The van der Waals surface area contributed by atoms with E-state index in [0.717, 1.165) is 48.4 Å². The van der Waals surface area contributed by atoms with Crippen molar-refractivity contribution in [1.29, 1.82) is 0 Å². The Kier molecular flexibility index (Phi) is 4.01. The molecule has 0 atom stereocenters. The van der Waals surface area contributed by atoms with E-state index in [0.29, 0.717) is 0 Å². The van der Waals surface area contributed by atoms with Crippen molar-refractivity contribution in [2.75, 3.05) is 18.0 Å². The molecule has 2 heterocycles. The van der Waals surface area contributed by atoms with Gasteiger partial charge in [0, 0.05) is 30.9 Å². The van der Waals surface area contributed by atoms with E-state index in [1.54, 1.807) is 0 Å². The smallest absolute Gasteiger partial charge is 0.211 e. The maximum absolute atomic E-state index is 5.03. The molecule has 0 bridgehead atoms. The van der Waals surface area contributed by atoms with Crippen molar-refractivity contribution in [2.24, 2.45) is 0 Å². The Labute approximate surface area is 131 Å². The van der Waals surface area contributed by atoms with E-state index < -0.39 is 0 Å². The summed E-state index contributed by atoms with van der Waals surface area (Å²) in [7, 11) is 0. The van der Waals surface area contributed by atoms with E-state index in [-0.39, 0.29) is 0 Å². The molecule has 0 unspecified atom stereocenters. The minimum Gasteiger partial charge on any atom is -0.342 e. The van der Waals surface area contributed by atoms with E-state index in [4.69, 9.17) is 4.98 Å². The Morgan fingerprint density at radius 3 is 2.68 bits per heavy atom. The van der Waals surface area contributed by atoms with Crippen molar-refractivity contribution < 1.29 is 0 Å². The van der Waals surface area contributed by atoms with Crippen molar-refractivity contribution in [3.63, 3.8) is 0 Å². The first-order chi connectivity index (χ1) is 10.7. The van der Waals surface area contributed by atoms with Gasteiger partial charge in [-0.3, -0.25) is 4.40 Å². The molecule has 4 heteroatoms. The van der Waals surface area contributed by atoms with E-state index in [9.17, 15) is 0 Å². The summed E-state index contributed by atoms with van der Waals surface area (Å²) in [4.78, 5) is 12.0. The quantitative estimate of drug-likeness (QED) is 0.714. The standard InChI is InChI=1S/C18H24N4/c1-5-9-21(7-3)18-20-16-14(6-2)11-13(4)12-15(16)17-19-8-10-22(17)18/h8,10-12H,5-7,9H2,1-4H3. The van der Waals surface area contributed by atoms with E-state index >= 15 is 0 Å². The van der Waals surface area contributed by atoms with Gasteiger partial charge in [-0.1, -0.05) is 19.9 Å². The highest BCUT2D eigenvalue weighted by Crippen LogP contribution is 2.27. The third-order valence-corrected chi connectivity index (χ3v) is 4.18. The van der Waals surface area contributed by atoms with Gasteiger partial charge in [0.15, 0.2) is 0 Å². The maximum atomic E-state index is 5.03. The highest BCUT2D eigenvalue weighted by atomic mass is 15.3. The van der Waals surface area contributed by atoms with Crippen molar-refractivity contribution in [3.05, 3.63) is 35.7 Å². The molecule has 0 radical (unpaired) electrons. The molecule has 0 saturated heterocycles. The normalized spacial score (nSPS) is 11.5. The molecule has 0 fully saturated rings. The van der Waals surface area contributed by atoms with Crippen LogP contribution in [0.15, 0.2) is 24.5 Å². The summed E-state index contributed by atoms with van der Waals surface area (Å²) in [6.45, 7) is 10.7. The van der Waals surface area contributed by atoms with Gasteiger partial charge in [-0.2, -0.15) is 0 Å². The lowest BCUT2D eigenvalue weighted by Crippen LogP contribution is -2.26. The largest absolute Gasteiger partial charge is 0.342 e. The average Bonchev–Trinajstić information content (AvgIpc) is 3.01. The number of fused-ring (bicyclic) bond motifs is 3. The summed E-state index contributed by atoms with van der Waals surface area (Å²) in [5.74, 6) is 1.00. The van der Waals surface area contributed by atoms with Crippen LogP contribution in [0.5, 0.6) is 0 Å². The van der Waals surface area contributed by atoms with Crippen LogP contribution in [0.4, 0.5) is 5.95 Å². The average molecular weight is 296 g/mol. The van der Waals surface area contributed by atoms with Crippen molar-refractivity contribution in [2.45, 2.75) is 40.5 Å². The van der Waals surface area contributed by atoms with Gasteiger partial charge in [-0.05, 0) is 43.9 Å².